The zero-order valence-corrected chi connectivity index (χ0v) is 8.45. The van der Waals surface area contributed by atoms with Crippen molar-refractivity contribution in [3.05, 3.63) is 29.8 Å². The predicted molar refractivity (Wildman–Crippen MR) is 54.0 cm³/mol. The Labute approximate surface area is 88.6 Å². The Kier molecular flexibility index (Phi) is 4.61. The Bertz CT molecular complexity index is 265. The van der Waals surface area contributed by atoms with Crippen LogP contribution >= 0.6 is 24.8 Å². The molecule has 1 heterocycles. The molecule has 1 aromatic heterocycles. The molecule has 2 N–H and O–H groups in total. The van der Waals surface area contributed by atoms with Crippen LogP contribution < -0.4 is 5.73 Å². The first kappa shape index (κ1) is 12.6. The van der Waals surface area contributed by atoms with Crippen molar-refractivity contribution in [1.29, 1.82) is 0 Å². The molecular weight excluding hydrogens is 214 g/mol. The van der Waals surface area contributed by atoms with Crippen LogP contribution in [-0.4, -0.2) is 11.0 Å². The van der Waals surface area contributed by atoms with Gasteiger partial charge in [-0.05, 0) is 18.1 Å². The van der Waals surface area contributed by atoms with Gasteiger partial charge in [0, 0.05) is 18.2 Å². The summed E-state index contributed by atoms with van der Waals surface area (Å²) in [6.07, 6.45) is 2.57. The molecule has 2 atom stereocenters. The van der Waals surface area contributed by atoms with Gasteiger partial charge in [0.2, 0.25) is 5.95 Å². The summed E-state index contributed by atoms with van der Waals surface area (Å²) in [6.45, 7) is 0. The lowest BCUT2D eigenvalue weighted by Gasteiger charge is -1.95. The highest BCUT2D eigenvalue weighted by atomic mass is 35.5. The molecule has 5 heteroatoms. The standard InChI is InChI=1S/C8H9FN2.2ClH/c9-8-2-1-5(4-11-8)6-3-7(6)10;;/h1-2,4,6-7H,3,10H2;2*1H. The number of nitrogens with zero attached hydrogens (tertiary/aromatic N) is 1. The number of nitrogens with two attached hydrogens (primary N) is 1. The molecule has 2 nitrogen and oxygen atoms in total. The number of hydrogen-bond donors (Lipinski definition) is 1. The summed E-state index contributed by atoms with van der Waals surface area (Å²) in [5.74, 6) is -0.00827. The van der Waals surface area contributed by atoms with Crippen LogP contribution in [0.1, 0.15) is 17.9 Å². The smallest absolute Gasteiger partial charge is 0.212 e. The molecule has 2 rings (SSSR count). The van der Waals surface area contributed by atoms with E-state index in [1.165, 1.54) is 6.07 Å². The second kappa shape index (κ2) is 4.74. The minimum atomic E-state index is -0.428. The van der Waals surface area contributed by atoms with Gasteiger partial charge in [0.1, 0.15) is 0 Å². The zero-order valence-electron chi connectivity index (χ0n) is 6.81. The van der Waals surface area contributed by atoms with Crippen LogP contribution in [0, 0.1) is 5.95 Å². The molecule has 2 unspecified atom stereocenters. The molecule has 0 aromatic carbocycles. The van der Waals surface area contributed by atoms with Crippen molar-refractivity contribution in [1.82, 2.24) is 4.98 Å². The molecule has 0 saturated heterocycles. The summed E-state index contributed by atoms with van der Waals surface area (Å²) >= 11 is 0. The van der Waals surface area contributed by atoms with Crippen LogP contribution in [0.25, 0.3) is 0 Å². The maximum atomic E-state index is 12.3. The fraction of sp³-hybridized carbons (Fsp3) is 0.375. The van der Waals surface area contributed by atoms with Crippen molar-refractivity contribution < 1.29 is 4.39 Å². The Morgan fingerprint density at radius 1 is 1.38 bits per heavy atom. The molecule has 13 heavy (non-hydrogen) atoms. The number of aromatic nitrogens is 1. The van der Waals surface area contributed by atoms with Crippen molar-refractivity contribution >= 4 is 24.8 Å². The molecule has 0 amide bonds. The Balaban J connectivity index is 0.000000720. The predicted octanol–water partition coefficient (Wildman–Crippen LogP) is 1.88. The SMILES string of the molecule is Cl.Cl.NC1CC1c1ccc(F)nc1. The maximum Gasteiger partial charge on any atom is 0.212 e. The molecule has 1 aromatic rings. The third-order valence-corrected chi connectivity index (χ3v) is 2.02. The number of rotatable bonds is 1. The first-order valence-electron chi connectivity index (χ1n) is 3.64. The van der Waals surface area contributed by atoms with Crippen molar-refractivity contribution in [2.45, 2.75) is 18.4 Å². The highest BCUT2D eigenvalue weighted by molar-refractivity contribution is 5.85. The Morgan fingerprint density at radius 2 is 2.00 bits per heavy atom. The van der Waals surface area contributed by atoms with E-state index in [-0.39, 0.29) is 30.9 Å². The fourth-order valence-corrected chi connectivity index (χ4v) is 1.20. The minimum Gasteiger partial charge on any atom is -0.327 e. The van der Waals surface area contributed by atoms with E-state index in [1.807, 2.05) is 0 Å². The molecule has 74 valence electrons. The Morgan fingerprint density at radius 3 is 2.38 bits per heavy atom. The van der Waals surface area contributed by atoms with Gasteiger partial charge in [-0.15, -0.1) is 24.8 Å². The summed E-state index contributed by atoms with van der Waals surface area (Å²) in [5, 5.41) is 0. The molecule has 0 spiro atoms. The van der Waals surface area contributed by atoms with Crippen molar-refractivity contribution in [2.24, 2.45) is 5.73 Å². The van der Waals surface area contributed by atoms with Crippen molar-refractivity contribution in [3.8, 4) is 0 Å². The van der Waals surface area contributed by atoms with E-state index in [0.717, 1.165) is 12.0 Å². The van der Waals surface area contributed by atoms with E-state index in [2.05, 4.69) is 4.98 Å². The van der Waals surface area contributed by atoms with E-state index < -0.39 is 5.95 Å². The number of pyridine rings is 1. The summed E-state index contributed by atoms with van der Waals surface area (Å²) in [6, 6.07) is 3.39. The monoisotopic (exact) mass is 224 g/mol. The summed E-state index contributed by atoms with van der Waals surface area (Å²) in [4.78, 5) is 3.55. The van der Waals surface area contributed by atoms with Gasteiger partial charge < -0.3 is 5.73 Å². The molecule has 1 aliphatic rings. The topological polar surface area (TPSA) is 38.9 Å². The van der Waals surface area contributed by atoms with Crippen LogP contribution in [0.2, 0.25) is 0 Å². The van der Waals surface area contributed by atoms with Crippen molar-refractivity contribution in [3.63, 3.8) is 0 Å². The second-order valence-electron chi connectivity index (χ2n) is 2.92. The Hall–Kier alpha value is -0.380. The van der Waals surface area contributed by atoms with Crippen LogP contribution in [0.5, 0.6) is 0 Å². The molecule has 1 aliphatic carbocycles. The maximum absolute atomic E-state index is 12.3. The van der Waals surface area contributed by atoms with E-state index in [0.29, 0.717) is 5.92 Å². The first-order chi connectivity index (χ1) is 5.27. The third-order valence-electron chi connectivity index (χ3n) is 2.02. The van der Waals surface area contributed by atoms with Gasteiger partial charge in [0.05, 0.1) is 0 Å². The van der Waals surface area contributed by atoms with Gasteiger partial charge >= 0.3 is 0 Å². The van der Waals surface area contributed by atoms with Crippen molar-refractivity contribution in [2.75, 3.05) is 0 Å². The van der Waals surface area contributed by atoms with Gasteiger partial charge in [0.15, 0.2) is 0 Å². The minimum absolute atomic E-state index is 0. The van der Waals surface area contributed by atoms with Gasteiger partial charge in [0.25, 0.3) is 0 Å². The normalized spacial score (nSPS) is 24.2. The van der Waals surface area contributed by atoms with E-state index in [4.69, 9.17) is 5.73 Å². The van der Waals surface area contributed by atoms with Gasteiger partial charge in [-0.25, -0.2) is 4.98 Å². The highest BCUT2D eigenvalue weighted by Gasteiger charge is 2.34. The molecule has 1 fully saturated rings. The largest absolute Gasteiger partial charge is 0.327 e. The van der Waals surface area contributed by atoms with Crippen LogP contribution in [-0.2, 0) is 0 Å². The van der Waals surface area contributed by atoms with Crippen LogP contribution in [0.3, 0.4) is 0 Å². The van der Waals surface area contributed by atoms with Crippen LogP contribution in [0.4, 0.5) is 4.39 Å². The zero-order chi connectivity index (χ0) is 7.84. The fourth-order valence-electron chi connectivity index (χ4n) is 1.20. The first-order valence-corrected chi connectivity index (χ1v) is 3.64. The molecule has 0 aliphatic heterocycles. The van der Waals surface area contributed by atoms with Gasteiger partial charge in [-0.1, -0.05) is 6.07 Å². The molecular formula is C8H11Cl2FN2. The molecule has 0 bridgehead atoms. The lowest BCUT2D eigenvalue weighted by Crippen LogP contribution is -2.01. The average Bonchev–Trinajstić information content (AvgIpc) is 2.69. The average molecular weight is 225 g/mol. The lowest BCUT2D eigenvalue weighted by atomic mass is 10.2. The lowest BCUT2D eigenvalue weighted by molar-refractivity contribution is 0.582. The van der Waals surface area contributed by atoms with Gasteiger partial charge in [-0.2, -0.15) is 4.39 Å². The summed E-state index contributed by atoms with van der Waals surface area (Å²) in [7, 11) is 0. The van der Waals surface area contributed by atoms with E-state index in [9.17, 15) is 4.39 Å². The van der Waals surface area contributed by atoms with E-state index >= 15 is 0 Å². The number of hydrogen-bond acceptors (Lipinski definition) is 2. The highest BCUT2D eigenvalue weighted by Crippen LogP contribution is 2.38. The third kappa shape index (κ3) is 2.79. The van der Waals surface area contributed by atoms with E-state index in [1.54, 1.807) is 12.3 Å². The molecule has 1 saturated carbocycles. The van der Waals surface area contributed by atoms with Gasteiger partial charge in [-0.3, -0.25) is 0 Å². The number of halogens is 3. The summed E-state index contributed by atoms with van der Waals surface area (Å²) in [5.41, 5.74) is 6.67. The molecule has 0 radical (unpaired) electrons. The van der Waals surface area contributed by atoms with Crippen LogP contribution in [0.15, 0.2) is 18.3 Å². The summed E-state index contributed by atoms with van der Waals surface area (Å²) < 4.78 is 12.3. The quantitative estimate of drug-likeness (QED) is 0.741. The second-order valence-corrected chi connectivity index (χ2v) is 2.92.